The monoisotopic (exact) mass is 286 g/mol. The number of nitrogens with one attached hydrogen (secondary N) is 1. The van der Waals surface area contributed by atoms with E-state index in [2.05, 4.69) is 5.32 Å². The molecule has 0 spiro atoms. The normalized spacial score (nSPS) is 12.4. The standard InChI is InChI=1S/C17H22N2O2/c1-13(2)11-16(20)12-18-17(21)14-5-7-15(8-6-14)19-9-3-4-10-19/h3-10,13,16,20H,11-12H2,1-2H3,(H,18,21). The van der Waals surface area contributed by atoms with Gasteiger partial charge in [-0.3, -0.25) is 4.79 Å². The number of hydrogen-bond donors (Lipinski definition) is 2. The first kappa shape index (κ1) is 15.3. The Kier molecular flexibility index (Phi) is 5.17. The molecule has 4 heteroatoms. The maximum Gasteiger partial charge on any atom is 0.251 e. The Balaban J connectivity index is 1.91. The second kappa shape index (κ2) is 7.09. The lowest BCUT2D eigenvalue weighted by Gasteiger charge is -2.14. The van der Waals surface area contributed by atoms with Crippen LogP contribution in [-0.4, -0.2) is 28.2 Å². The number of hydrogen-bond acceptors (Lipinski definition) is 2. The highest BCUT2D eigenvalue weighted by Crippen LogP contribution is 2.10. The lowest BCUT2D eigenvalue weighted by Crippen LogP contribution is -2.32. The van der Waals surface area contributed by atoms with Gasteiger partial charge in [-0.2, -0.15) is 0 Å². The predicted octanol–water partition coefficient (Wildman–Crippen LogP) is 2.61. The molecule has 2 aromatic rings. The van der Waals surface area contributed by atoms with Gasteiger partial charge in [0.25, 0.3) is 5.91 Å². The van der Waals surface area contributed by atoms with Crippen LogP contribution in [0.5, 0.6) is 0 Å². The Morgan fingerprint density at radius 3 is 2.38 bits per heavy atom. The van der Waals surface area contributed by atoms with Crippen LogP contribution in [0.2, 0.25) is 0 Å². The molecule has 21 heavy (non-hydrogen) atoms. The molecule has 112 valence electrons. The first-order valence-corrected chi connectivity index (χ1v) is 7.26. The molecule has 0 saturated carbocycles. The number of nitrogens with zero attached hydrogens (tertiary/aromatic N) is 1. The van der Waals surface area contributed by atoms with E-state index in [1.165, 1.54) is 0 Å². The predicted molar refractivity (Wildman–Crippen MR) is 83.6 cm³/mol. The maximum absolute atomic E-state index is 12.0. The molecule has 1 aromatic heterocycles. The van der Waals surface area contributed by atoms with Crippen molar-refractivity contribution in [2.75, 3.05) is 6.54 Å². The summed E-state index contributed by atoms with van der Waals surface area (Å²) in [6, 6.07) is 11.3. The summed E-state index contributed by atoms with van der Waals surface area (Å²) in [5.41, 5.74) is 1.61. The van der Waals surface area contributed by atoms with Crippen LogP contribution in [0, 0.1) is 5.92 Å². The van der Waals surface area contributed by atoms with Crippen LogP contribution < -0.4 is 5.32 Å². The fourth-order valence-electron chi connectivity index (χ4n) is 2.23. The van der Waals surface area contributed by atoms with Crippen molar-refractivity contribution in [2.24, 2.45) is 5.92 Å². The highest BCUT2D eigenvalue weighted by Gasteiger charge is 2.10. The summed E-state index contributed by atoms with van der Waals surface area (Å²) in [4.78, 5) is 12.0. The molecule has 4 nitrogen and oxygen atoms in total. The Morgan fingerprint density at radius 2 is 1.81 bits per heavy atom. The van der Waals surface area contributed by atoms with Crippen molar-refractivity contribution >= 4 is 5.91 Å². The highest BCUT2D eigenvalue weighted by atomic mass is 16.3. The first-order chi connectivity index (χ1) is 10.1. The number of amides is 1. The zero-order valence-corrected chi connectivity index (χ0v) is 12.5. The minimum absolute atomic E-state index is 0.156. The number of aliphatic hydroxyl groups is 1. The molecule has 0 aliphatic rings. The fourth-order valence-corrected chi connectivity index (χ4v) is 2.23. The highest BCUT2D eigenvalue weighted by molar-refractivity contribution is 5.94. The number of aliphatic hydroxyl groups excluding tert-OH is 1. The third-order valence-electron chi connectivity index (χ3n) is 3.27. The van der Waals surface area contributed by atoms with Gasteiger partial charge >= 0.3 is 0 Å². The molecule has 1 unspecified atom stereocenters. The largest absolute Gasteiger partial charge is 0.391 e. The number of carbonyl (C=O) groups excluding carboxylic acids is 1. The molecule has 1 atom stereocenters. The molecule has 1 heterocycles. The van der Waals surface area contributed by atoms with E-state index < -0.39 is 6.10 Å². The molecule has 0 fully saturated rings. The molecule has 2 N–H and O–H groups in total. The van der Waals surface area contributed by atoms with Gasteiger partial charge in [-0.15, -0.1) is 0 Å². The summed E-state index contributed by atoms with van der Waals surface area (Å²) < 4.78 is 1.98. The van der Waals surface area contributed by atoms with Crippen LogP contribution in [0.25, 0.3) is 5.69 Å². The SMILES string of the molecule is CC(C)CC(O)CNC(=O)c1ccc(-n2cccc2)cc1. The van der Waals surface area contributed by atoms with Crippen LogP contribution in [0.15, 0.2) is 48.8 Å². The Labute approximate surface area is 125 Å². The summed E-state index contributed by atoms with van der Waals surface area (Å²) in [6.45, 7) is 4.38. The molecule has 0 radical (unpaired) electrons. The van der Waals surface area contributed by atoms with Crippen LogP contribution in [0.3, 0.4) is 0 Å². The summed E-state index contributed by atoms with van der Waals surface area (Å²) in [6.07, 6.45) is 4.11. The van der Waals surface area contributed by atoms with E-state index in [1.807, 2.05) is 55.1 Å². The van der Waals surface area contributed by atoms with E-state index in [9.17, 15) is 9.90 Å². The maximum atomic E-state index is 12.0. The van der Waals surface area contributed by atoms with E-state index in [-0.39, 0.29) is 12.5 Å². The molecule has 0 saturated heterocycles. The number of rotatable bonds is 6. The molecule has 1 aromatic carbocycles. The van der Waals surface area contributed by atoms with Crippen LogP contribution in [0.1, 0.15) is 30.6 Å². The summed E-state index contributed by atoms with van der Waals surface area (Å²) in [7, 11) is 0. The molecule has 0 aliphatic heterocycles. The number of benzene rings is 1. The molecule has 0 aliphatic carbocycles. The van der Waals surface area contributed by atoms with E-state index in [0.717, 1.165) is 5.69 Å². The van der Waals surface area contributed by atoms with Crippen LogP contribution >= 0.6 is 0 Å². The molecular weight excluding hydrogens is 264 g/mol. The first-order valence-electron chi connectivity index (χ1n) is 7.26. The van der Waals surface area contributed by atoms with Crippen molar-refractivity contribution in [2.45, 2.75) is 26.4 Å². The lowest BCUT2D eigenvalue weighted by atomic mass is 10.1. The van der Waals surface area contributed by atoms with Crippen molar-refractivity contribution in [3.63, 3.8) is 0 Å². The van der Waals surface area contributed by atoms with Crippen molar-refractivity contribution in [1.82, 2.24) is 9.88 Å². The van der Waals surface area contributed by atoms with Gasteiger partial charge in [-0.1, -0.05) is 13.8 Å². The van der Waals surface area contributed by atoms with Gasteiger partial charge in [0.2, 0.25) is 0 Å². The van der Waals surface area contributed by atoms with Gasteiger partial charge in [-0.05, 0) is 48.7 Å². The zero-order valence-electron chi connectivity index (χ0n) is 12.5. The molecule has 0 bridgehead atoms. The minimum atomic E-state index is -0.493. The van der Waals surface area contributed by atoms with Gasteiger partial charge in [0, 0.05) is 30.2 Å². The van der Waals surface area contributed by atoms with E-state index in [1.54, 1.807) is 12.1 Å². The molecule has 1 amide bonds. The summed E-state index contributed by atoms with van der Waals surface area (Å²) in [5.74, 6) is 0.259. The van der Waals surface area contributed by atoms with Gasteiger partial charge in [0.1, 0.15) is 0 Å². The second-order valence-corrected chi connectivity index (χ2v) is 5.63. The zero-order chi connectivity index (χ0) is 15.2. The van der Waals surface area contributed by atoms with Crippen molar-refractivity contribution in [3.05, 3.63) is 54.4 Å². The minimum Gasteiger partial charge on any atom is -0.391 e. The molecular formula is C17H22N2O2. The van der Waals surface area contributed by atoms with Crippen molar-refractivity contribution in [1.29, 1.82) is 0 Å². The van der Waals surface area contributed by atoms with Crippen molar-refractivity contribution < 1.29 is 9.90 Å². The third kappa shape index (κ3) is 4.46. The lowest BCUT2D eigenvalue weighted by molar-refractivity contribution is 0.0900. The van der Waals surface area contributed by atoms with Gasteiger partial charge in [0.15, 0.2) is 0 Å². The van der Waals surface area contributed by atoms with Crippen LogP contribution in [0.4, 0.5) is 0 Å². The van der Waals surface area contributed by atoms with E-state index in [4.69, 9.17) is 0 Å². The van der Waals surface area contributed by atoms with Gasteiger partial charge in [-0.25, -0.2) is 0 Å². The number of aromatic nitrogens is 1. The topological polar surface area (TPSA) is 54.3 Å². The average Bonchev–Trinajstić information content (AvgIpc) is 2.98. The Morgan fingerprint density at radius 1 is 1.19 bits per heavy atom. The van der Waals surface area contributed by atoms with E-state index in [0.29, 0.717) is 17.9 Å². The van der Waals surface area contributed by atoms with Crippen molar-refractivity contribution in [3.8, 4) is 5.69 Å². The Bertz CT molecular complexity index is 559. The Hall–Kier alpha value is -2.07. The quantitative estimate of drug-likeness (QED) is 0.857. The van der Waals surface area contributed by atoms with Gasteiger partial charge in [0.05, 0.1) is 6.10 Å². The third-order valence-corrected chi connectivity index (χ3v) is 3.27. The number of carbonyl (C=O) groups is 1. The molecule has 2 rings (SSSR count). The average molecular weight is 286 g/mol. The van der Waals surface area contributed by atoms with Crippen LogP contribution in [-0.2, 0) is 0 Å². The van der Waals surface area contributed by atoms with Gasteiger partial charge < -0.3 is 15.0 Å². The van der Waals surface area contributed by atoms with E-state index >= 15 is 0 Å². The summed E-state index contributed by atoms with van der Waals surface area (Å²) in [5, 5.41) is 12.5. The fraction of sp³-hybridized carbons (Fsp3) is 0.353. The smallest absolute Gasteiger partial charge is 0.251 e. The second-order valence-electron chi connectivity index (χ2n) is 5.63. The summed E-state index contributed by atoms with van der Waals surface area (Å²) >= 11 is 0.